The van der Waals surface area contributed by atoms with Crippen LogP contribution in [0.15, 0.2) is 48.5 Å². The van der Waals surface area contributed by atoms with Crippen molar-refractivity contribution >= 4 is 34.5 Å². The largest absolute Gasteiger partial charge is 0.326 e. The van der Waals surface area contributed by atoms with Crippen molar-refractivity contribution in [3.8, 4) is 0 Å². The van der Waals surface area contributed by atoms with Crippen LogP contribution in [0, 0.1) is 5.92 Å². The van der Waals surface area contributed by atoms with Gasteiger partial charge in [-0.25, -0.2) is 4.98 Å². The van der Waals surface area contributed by atoms with Crippen molar-refractivity contribution in [1.82, 2.24) is 9.55 Å². The fraction of sp³-hybridized carbons (Fsp3) is 0.250. The Kier molecular flexibility index (Phi) is 4.16. The lowest BCUT2D eigenvalue weighted by Crippen LogP contribution is -2.35. The molecular weight excluding hydrogens is 328 g/mol. The van der Waals surface area contributed by atoms with Gasteiger partial charge in [0.2, 0.25) is 17.8 Å². The van der Waals surface area contributed by atoms with Crippen molar-refractivity contribution in [2.75, 3.05) is 10.6 Å². The molecule has 0 spiro atoms. The average molecular weight is 348 g/mol. The van der Waals surface area contributed by atoms with E-state index in [1.54, 1.807) is 0 Å². The molecule has 1 aliphatic heterocycles. The van der Waals surface area contributed by atoms with Crippen LogP contribution in [0.25, 0.3) is 11.0 Å². The Morgan fingerprint density at radius 2 is 2.00 bits per heavy atom. The second kappa shape index (κ2) is 6.63. The lowest BCUT2D eigenvalue weighted by atomic mass is 10.0. The zero-order valence-electron chi connectivity index (χ0n) is 14.5. The van der Waals surface area contributed by atoms with Gasteiger partial charge < -0.3 is 9.88 Å². The quantitative estimate of drug-likeness (QED) is 0.760. The molecule has 0 saturated carbocycles. The number of amides is 2. The highest BCUT2D eigenvalue weighted by molar-refractivity contribution is 5.99. The molecule has 2 heterocycles. The van der Waals surface area contributed by atoms with Crippen LogP contribution < -0.4 is 10.6 Å². The minimum atomic E-state index is -0.421. The molecule has 1 aliphatic rings. The van der Waals surface area contributed by atoms with E-state index in [1.165, 1.54) is 5.56 Å². The number of nitrogens with one attached hydrogen (secondary N) is 2. The molecule has 0 unspecified atom stereocenters. The van der Waals surface area contributed by atoms with Gasteiger partial charge in [-0.15, -0.1) is 0 Å². The van der Waals surface area contributed by atoms with Crippen molar-refractivity contribution in [3.05, 3.63) is 54.1 Å². The molecule has 1 aromatic heterocycles. The molecule has 3 aromatic rings. The summed E-state index contributed by atoms with van der Waals surface area (Å²) in [6.45, 7) is 2.53. The van der Waals surface area contributed by atoms with E-state index in [4.69, 9.17) is 0 Å². The molecule has 1 atom stereocenters. The third kappa shape index (κ3) is 3.06. The number of aromatic nitrogens is 2. The third-order valence-corrected chi connectivity index (χ3v) is 4.74. The number of benzene rings is 2. The van der Waals surface area contributed by atoms with Crippen molar-refractivity contribution in [2.24, 2.45) is 5.92 Å². The Bertz CT molecular complexity index is 975. The third-order valence-electron chi connectivity index (χ3n) is 4.74. The molecule has 2 aromatic carbocycles. The number of aryl methyl sites for hydroxylation is 1. The predicted molar refractivity (Wildman–Crippen MR) is 101 cm³/mol. The van der Waals surface area contributed by atoms with Gasteiger partial charge in [0.15, 0.2) is 0 Å². The monoisotopic (exact) mass is 348 g/mol. The number of para-hydroxylation sites is 2. The molecule has 26 heavy (non-hydrogen) atoms. The van der Waals surface area contributed by atoms with Crippen molar-refractivity contribution in [2.45, 2.75) is 26.3 Å². The molecule has 132 valence electrons. The van der Waals surface area contributed by atoms with Gasteiger partial charge in [-0.1, -0.05) is 31.2 Å². The number of carbonyl (C=O) groups excluding carboxylic acids is 2. The minimum absolute atomic E-state index is 0.132. The summed E-state index contributed by atoms with van der Waals surface area (Å²) in [6.07, 6.45) is 1.09. The minimum Gasteiger partial charge on any atom is -0.326 e. The van der Waals surface area contributed by atoms with Crippen LogP contribution in [0.4, 0.5) is 11.6 Å². The molecule has 2 N–H and O–H groups in total. The van der Waals surface area contributed by atoms with Gasteiger partial charge >= 0.3 is 0 Å². The summed E-state index contributed by atoms with van der Waals surface area (Å²) < 4.78 is 1.96. The van der Waals surface area contributed by atoms with Gasteiger partial charge in [0.05, 0.1) is 17.0 Å². The van der Waals surface area contributed by atoms with E-state index in [0.29, 0.717) is 12.5 Å². The highest BCUT2D eigenvalue weighted by atomic mass is 16.2. The topological polar surface area (TPSA) is 76.0 Å². The summed E-state index contributed by atoms with van der Waals surface area (Å²) in [6, 6.07) is 15.5. The number of fused-ring (bicyclic) bond motifs is 3. The molecular formula is C20H20N4O2. The summed E-state index contributed by atoms with van der Waals surface area (Å²) in [5, 5.41) is 5.69. The Morgan fingerprint density at radius 3 is 2.77 bits per heavy atom. The van der Waals surface area contributed by atoms with Gasteiger partial charge in [0.1, 0.15) is 0 Å². The summed E-state index contributed by atoms with van der Waals surface area (Å²) in [5.41, 5.74) is 3.76. The fourth-order valence-corrected chi connectivity index (χ4v) is 3.29. The lowest BCUT2D eigenvalue weighted by Gasteiger charge is -2.23. The van der Waals surface area contributed by atoms with Crippen LogP contribution in [0.1, 0.15) is 18.9 Å². The molecule has 6 heteroatoms. The summed E-state index contributed by atoms with van der Waals surface area (Å²) in [4.78, 5) is 29.2. The van der Waals surface area contributed by atoms with Crippen LogP contribution in [0.2, 0.25) is 0 Å². The first-order valence-electron chi connectivity index (χ1n) is 8.79. The maximum atomic E-state index is 12.4. The van der Waals surface area contributed by atoms with Crippen LogP contribution in [-0.2, 0) is 22.6 Å². The Morgan fingerprint density at radius 1 is 1.23 bits per heavy atom. The van der Waals surface area contributed by atoms with E-state index in [9.17, 15) is 9.59 Å². The van der Waals surface area contributed by atoms with Gasteiger partial charge in [0.25, 0.3) is 0 Å². The zero-order chi connectivity index (χ0) is 18.1. The van der Waals surface area contributed by atoms with Crippen LogP contribution in [-0.4, -0.2) is 21.4 Å². The molecule has 0 saturated heterocycles. The zero-order valence-corrected chi connectivity index (χ0v) is 14.5. The first-order valence-corrected chi connectivity index (χ1v) is 8.79. The van der Waals surface area contributed by atoms with Gasteiger partial charge in [-0.3, -0.25) is 14.9 Å². The normalized spacial score (nSPS) is 16.2. The Hall–Kier alpha value is -3.15. The van der Waals surface area contributed by atoms with Gasteiger partial charge in [0, 0.05) is 18.7 Å². The summed E-state index contributed by atoms with van der Waals surface area (Å²) in [5.74, 6) is -0.204. The number of carbonyl (C=O) groups is 2. The van der Waals surface area contributed by atoms with Crippen molar-refractivity contribution in [3.63, 3.8) is 0 Å². The standard InChI is InChI=1S/C20H20N4O2/c1-2-13-7-9-15(10-8-13)21-18(25)11-14-12-24-17-6-4-3-5-16(17)22-20(24)23-19(14)26/h3-10,14H,2,11-12H2,1H3,(H,21,25)(H,22,23,26)/t14-/m0/s1. The lowest BCUT2D eigenvalue weighted by molar-refractivity contribution is -0.125. The Labute approximate surface area is 151 Å². The molecule has 0 bridgehead atoms. The number of hydrogen-bond donors (Lipinski definition) is 2. The average Bonchev–Trinajstić information content (AvgIpc) is 3.00. The van der Waals surface area contributed by atoms with Crippen molar-refractivity contribution in [1.29, 1.82) is 0 Å². The van der Waals surface area contributed by atoms with E-state index >= 15 is 0 Å². The summed E-state index contributed by atoms with van der Waals surface area (Å²) >= 11 is 0. The number of hydrogen-bond acceptors (Lipinski definition) is 3. The van der Waals surface area contributed by atoms with E-state index in [0.717, 1.165) is 23.1 Å². The van der Waals surface area contributed by atoms with Gasteiger partial charge in [-0.05, 0) is 36.2 Å². The molecule has 2 amide bonds. The van der Waals surface area contributed by atoms with E-state index in [2.05, 4.69) is 22.5 Å². The first kappa shape index (κ1) is 16.3. The maximum Gasteiger partial charge on any atom is 0.232 e. The van der Waals surface area contributed by atoms with E-state index in [-0.39, 0.29) is 18.2 Å². The number of nitrogens with zero attached hydrogens (tertiary/aromatic N) is 2. The smallest absolute Gasteiger partial charge is 0.232 e. The number of imidazole rings is 1. The van der Waals surface area contributed by atoms with Crippen LogP contribution >= 0.6 is 0 Å². The van der Waals surface area contributed by atoms with Crippen molar-refractivity contribution < 1.29 is 9.59 Å². The van der Waals surface area contributed by atoms with E-state index < -0.39 is 5.92 Å². The highest BCUT2D eigenvalue weighted by Gasteiger charge is 2.30. The van der Waals surface area contributed by atoms with Crippen LogP contribution in [0.5, 0.6) is 0 Å². The molecule has 0 fully saturated rings. The maximum absolute atomic E-state index is 12.4. The highest BCUT2D eigenvalue weighted by Crippen LogP contribution is 2.26. The fourth-order valence-electron chi connectivity index (χ4n) is 3.29. The Balaban J connectivity index is 1.47. The second-order valence-corrected chi connectivity index (χ2v) is 6.52. The second-order valence-electron chi connectivity index (χ2n) is 6.52. The molecule has 4 rings (SSSR count). The first-order chi connectivity index (χ1) is 12.6. The van der Waals surface area contributed by atoms with Gasteiger partial charge in [-0.2, -0.15) is 0 Å². The molecule has 6 nitrogen and oxygen atoms in total. The summed E-state index contributed by atoms with van der Waals surface area (Å²) in [7, 11) is 0. The van der Waals surface area contributed by atoms with Crippen LogP contribution in [0.3, 0.4) is 0 Å². The molecule has 0 aliphatic carbocycles. The van der Waals surface area contributed by atoms with E-state index in [1.807, 2.05) is 53.1 Å². The number of anilines is 2. The molecule has 0 radical (unpaired) electrons. The number of rotatable bonds is 4. The SMILES string of the molecule is CCc1ccc(NC(=O)C[C@H]2Cn3c(nc4ccccc43)NC2=O)cc1. The predicted octanol–water partition coefficient (Wildman–Crippen LogP) is 3.20.